The van der Waals surface area contributed by atoms with Gasteiger partial charge in [0.05, 0.1) is 16.8 Å². The Balaban J connectivity index is 1.86. The maximum absolute atomic E-state index is 13.6. The Hall–Kier alpha value is -3.59. The van der Waals surface area contributed by atoms with Gasteiger partial charge in [0, 0.05) is 12.4 Å². The van der Waals surface area contributed by atoms with Crippen molar-refractivity contribution in [3.8, 4) is 0 Å². The van der Waals surface area contributed by atoms with Crippen molar-refractivity contribution < 1.29 is 23.2 Å². The Morgan fingerprint density at radius 1 is 0.967 bits per heavy atom. The van der Waals surface area contributed by atoms with E-state index < -0.39 is 29.5 Å². The Morgan fingerprint density at radius 2 is 1.73 bits per heavy atom. The molecule has 1 heterocycles. The molecule has 0 aliphatic carbocycles. The summed E-state index contributed by atoms with van der Waals surface area (Å²) in [5, 5.41) is 11.0. The van der Waals surface area contributed by atoms with E-state index in [1.807, 2.05) is 0 Å². The monoisotopic (exact) mass is 429 g/mol. The molecule has 0 bridgehead atoms. The zero-order valence-corrected chi connectivity index (χ0v) is 16.6. The molecule has 0 spiro atoms. The predicted molar refractivity (Wildman–Crippen MR) is 109 cm³/mol. The lowest BCUT2D eigenvalue weighted by atomic mass is 10.0. The van der Waals surface area contributed by atoms with Gasteiger partial charge in [0.15, 0.2) is 11.6 Å². The number of hydrogen-bond donors (Lipinski definition) is 3. The first-order valence-corrected chi connectivity index (χ1v) is 9.75. The third-order valence-electron chi connectivity index (χ3n) is 4.26. The summed E-state index contributed by atoms with van der Waals surface area (Å²) in [7, 11) is 1.36. The van der Waals surface area contributed by atoms with E-state index in [1.165, 1.54) is 30.5 Å². The molecule has 1 atom stereocenters. The summed E-state index contributed by atoms with van der Waals surface area (Å²) < 4.78 is 26.9. The molecule has 0 radical (unpaired) electrons. The van der Waals surface area contributed by atoms with Crippen LogP contribution >= 0.6 is 11.3 Å². The molecule has 0 saturated heterocycles. The molecule has 3 N–H and O–H groups in total. The summed E-state index contributed by atoms with van der Waals surface area (Å²) in [4.78, 5) is 37.5. The Labute approximate surface area is 174 Å². The van der Waals surface area contributed by atoms with E-state index in [0.717, 1.165) is 12.1 Å². The van der Waals surface area contributed by atoms with Gasteiger partial charge in [-0.1, -0.05) is 18.2 Å². The predicted octanol–water partition coefficient (Wildman–Crippen LogP) is 3.50. The highest BCUT2D eigenvalue weighted by Gasteiger charge is 2.25. The number of likely N-dealkylation sites (N-methyl/N-ethyl adjacent to an activating group) is 1. The molecule has 3 aromatic rings. The van der Waals surface area contributed by atoms with Crippen LogP contribution in [0, 0.1) is 11.6 Å². The molecular weight excluding hydrogens is 412 g/mol. The first kappa shape index (κ1) is 21.1. The fraction of sp³-hybridized carbons (Fsp3) is 0.0952. The van der Waals surface area contributed by atoms with Crippen LogP contribution in [0.25, 0.3) is 0 Å². The number of rotatable bonds is 6. The molecule has 1 aromatic heterocycles. The molecular formula is C21H17F2N3O3S. The second-order valence-corrected chi connectivity index (χ2v) is 6.99. The smallest absolute Gasteiger partial charge is 0.256 e. The molecule has 2 aromatic carbocycles. The van der Waals surface area contributed by atoms with E-state index in [1.54, 1.807) is 35.0 Å². The molecule has 0 fully saturated rings. The molecule has 3 rings (SSSR count). The quantitative estimate of drug-likeness (QED) is 0.561. The summed E-state index contributed by atoms with van der Waals surface area (Å²) in [5.74, 6) is -3.88. The number of hydrogen-bond acceptors (Lipinski definition) is 4. The van der Waals surface area contributed by atoms with Gasteiger partial charge in [-0.05, 0) is 41.3 Å². The molecule has 9 heteroatoms. The van der Waals surface area contributed by atoms with Gasteiger partial charge >= 0.3 is 0 Å². The zero-order valence-electron chi connectivity index (χ0n) is 15.7. The van der Waals surface area contributed by atoms with Crippen molar-refractivity contribution in [2.75, 3.05) is 12.4 Å². The number of carbonyl (C=O) groups excluding carboxylic acids is 3. The van der Waals surface area contributed by atoms with Gasteiger partial charge in [-0.3, -0.25) is 14.4 Å². The fourth-order valence-corrected chi connectivity index (χ4v) is 3.36. The zero-order chi connectivity index (χ0) is 21.7. The lowest BCUT2D eigenvalue weighted by Gasteiger charge is -2.19. The molecule has 154 valence electrons. The van der Waals surface area contributed by atoms with Gasteiger partial charge in [0.25, 0.3) is 11.8 Å². The summed E-state index contributed by atoms with van der Waals surface area (Å²) in [6.45, 7) is 0. The van der Waals surface area contributed by atoms with E-state index in [9.17, 15) is 23.2 Å². The standard InChI is InChI=1S/C21H17F2N3O3S/c1-24-21(29)18(12-6-7-15(22)16(23)10-12)26-20(28)14-4-2-3-5-17(14)25-19(27)13-8-9-30-11-13/h2-11,18H,1H3,(H,24,29)(H,25,27)(H,26,28). The van der Waals surface area contributed by atoms with Crippen LogP contribution < -0.4 is 16.0 Å². The minimum Gasteiger partial charge on any atom is -0.357 e. The van der Waals surface area contributed by atoms with Gasteiger partial charge in [-0.2, -0.15) is 11.3 Å². The van der Waals surface area contributed by atoms with E-state index in [-0.39, 0.29) is 22.7 Å². The molecule has 1 unspecified atom stereocenters. The van der Waals surface area contributed by atoms with Crippen molar-refractivity contribution in [3.05, 3.63) is 87.6 Å². The number of amides is 3. The summed E-state index contributed by atoms with van der Waals surface area (Å²) in [6.07, 6.45) is 0. The first-order chi connectivity index (χ1) is 14.4. The second-order valence-electron chi connectivity index (χ2n) is 6.21. The number of para-hydroxylation sites is 1. The van der Waals surface area contributed by atoms with Gasteiger partial charge in [-0.25, -0.2) is 8.78 Å². The minimum atomic E-state index is -1.27. The highest BCUT2D eigenvalue weighted by molar-refractivity contribution is 7.08. The highest BCUT2D eigenvalue weighted by atomic mass is 32.1. The third-order valence-corrected chi connectivity index (χ3v) is 4.95. The van der Waals surface area contributed by atoms with Gasteiger partial charge in [0.2, 0.25) is 5.91 Å². The number of carbonyl (C=O) groups is 3. The number of thiophene rings is 1. The number of anilines is 1. The summed E-state index contributed by atoms with van der Waals surface area (Å²) >= 11 is 1.36. The maximum atomic E-state index is 13.6. The number of nitrogens with one attached hydrogen (secondary N) is 3. The molecule has 0 aliphatic rings. The molecule has 6 nitrogen and oxygen atoms in total. The lowest BCUT2D eigenvalue weighted by molar-refractivity contribution is -0.122. The van der Waals surface area contributed by atoms with Crippen LogP contribution in [-0.2, 0) is 4.79 Å². The van der Waals surface area contributed by atoms with Crippen LogP contribution in [-0.4, -0.2) is 24.8 Å². The van der Waals surface area contributed by atoms with Crippen molar-refractivity contribution in [1.29, 1.82) is 0 Å². The topological polar surface area (TPSA) is 87.3 Å². The van der Waals surface area contributed by atoms with Crippen LogP contribution in [0.3, 0.4) is 0 Å². The van der Waals surface area contributed by atoms with Crippen LogP contribution in [0.5, 0.6) is 0 Å². The SMILES string of the molecule is CNC(=O)C(NC(=O)c1ccccc1NC(=O)c1ccsc1)c1ccc(F)c(F)c1. The Bertz CT molecular complexity index is 1090. The summed E-state index contributed by atoms with van der Waals surface area (Å²) in [6, 6.07) is 9.58. The van der Waals surface area contributed by atoms with Crippen molar-refractivity contribution in [3.63, 3.8) is 0 Å². The molecule has 0 aliphatic heterocycles. The van der Waals surface area contributed by atoms with E-state index >= 15 is 0 Å². The van der Waals surface area contributed by atoms with Crippen LogP contribution in [0.4, 0.5) is 14.5 Å². The highest BCUT2D eigenvalue weighted by Crippen LogP contribution is 2.21. The maximum Gasteiger partial charge on any atom is 0.256 e. The van der Waals surface area contributed by atoms with Gasteiger partial charge in [-0.15, -0.1) is 0 Å². The van der Waals surface area contributed by atoms with Crippen molar-refractivity contribution >= 4 is 34.7 Å². The lowest BCUT2D eigenvalue weighted by Crippen LogP contribution is -2.39. The second kappa shape index (κ2) is 9.27. The summed E-state index contributed by atoms with van der Waals surface area (Å²) in [5.41, 5.74) is 0.867. The van der Waals surface area contributed by atoms with Crippen molar-refractivity contribution in [2.24, 2.45) is 0 Å². The number of halogens is 2. The van der Waals surface area contributed by atoms with E-state index in [4.69, 9.17) is 0 Å². The van der Waals surface area contributed by atoms with Crippen LogP contribution in [0.2, 0.25) is 0 Å². The molecule has 30 heavy (non-hydrogen) atoms. The average molecular weight is 429 g/mol. The minimum absolute atomic E-state index is 0.0707. The molecule has 3 amide bonds. The normalized spacial score (nSPS) is 11.4. The van der Waals surface area contributed by atoms with Crippen molar-refractivity contribution in [1.82, 2.24) is 10.6 Å². The van der Waals surface area contributed by atoms with Gasteiger partial charge in [0.1, 0.15) is 6.04 Å². The fourth-order valence-electron chi connectivity index (χ4n) is 2.72. The third kappa shape index (κ3) is 4.69. The first-order valence-electron chi connectivity index (χ1n) is 8.80. The Kier molecular flexibility index (Phi) is 6.53. The van der Waals surface area contributed by atoms with Crippen LogP contribution in [0.1, 0.15) is 32.3 Å². The average Bonchev–Trinajstić information content (AvgIpc) is 3.29. The van der Waals surface area contributed by atoms with E-state index in [2.05, 4.69) is 16.0 Å². The van der Waals surface area contributed by atoms with Crippen LogP contribution in [0.15, 0.2) is 59.3 Å². The van der Waals surface area contributed by atoms with Gasteiger partial charge < -0.3 is 16.0 Å². The number of benzene rings is 2. The van der Waals surface area contributed by atoms with E-state index in [0.29, 0.717) is 5.56 Å². The van der Waals surface area contributed by atoms with Crippen molar-refractivity contribution in [2.45, 2.75) is 6.04 Å². The molecule has 0 saturated carbocycles. The Morgan fingerprint density at radius 3 is 2.40 bits per heavy atom. The largest absolute Gasteiger partial charge is 0.357 e.